The van der Waals surface area contributed by atoms with Crippen molar-refractivity contribution in [1.29, 1.82) is 0 Å². The molecule has 2 atom stereocenters. The molecule has 0 radical (unpaired) electrons. The van der Waals surface area contributed by atoms with Crippen LogP contribution in [-0.2, 0) is 22.6 Å². The Morgan fingerprint density at radius 1 is 0.775 bits per heavy atom. The highest BCUT2D eigenvalue weighted by molar-refractivity contribution is 5.97. The molecule has 1 heterocycles. The van der Waals surface area contributed by atoms with Crippen LogP contribution in [0.2, 0.25) is 0 Å². The number of carbonyl (C=O) groups excluding carboxylic acids is 2. The van der Waals surface area contributed by atoms with Crippen molar-refractivity contribution < 1.29 is 9.59 Å². The van der Waals surface area contributed by atoms with Gasteiger partial charge in [0, 0.05) is 19.0 Å². The second-order valence-corrected chi connectivity index (χ2v) is 11.1. The molecule has 0 spiro atoms. The molecule has 5 nitrogen and oxygen atoms in total. The van der Waals surface area contributed by atoms with Gasteiger partial charge in [-0.05, 0) is 58.8 Å². The summed E-state index contributed by atoms with van der Waals surface area (Å²) in [6, 6.07) is 32.5. The van der Waals surface area contributed by atoms with Crippen LogP contribution in [0.25, 0.3) is 21.9 Å². The van der Waals surface area contributed by atoms with Gasteiger partial charge in [-0.3, -0.25) is 9.59 Å². The molecule has 5 rings (SSSR count). The Bertz CT molecular complexity index is 1430. The number of fused-ring (bicyclic) bond motifs is 1. The molecular formula is C35H39N3O2. The number of hydrogen-bond acceptors (Lipinski definition) is 3. The SMILES string of the molecule is CC(C)NCCCCC1C(=O)NC(Cc2ccc3ccccc3c2)C(=O)N1Cc1ccc(-c2ccccc2)cc1. The van der Waals surface area contributed by atoms with E-state index in [1.165, 1.54) is 0 Å². The Labute approximate surface area is 237 Å². The van der Waals surface area contributed by atoms with Crippen LogP contribution in [0, 0.1) is 0 Å². The van der Waals surface area contributed by atoms with Crippen molar-refractivity contribution in [2.45, 2.75) is 64.2 Å². The predicted molar refractivity (Wildman–Crippen MR) is 163 cm³/mol. The van der Waals surface area contributed by atoms with E-state index in [-0.39, 0.29) is 11.8 Å². The van der Waals surface area contributed by atoms with Gasteiger partial charge in [0.1, 0.15) is 12.1 Å². The first-order valence-electron chi connectivity index (χ1n) is 14.4. The van der Waals surface area contributed by atoms with E-state index in [4.69, 9.17) is 0 Å². The second kappa shape index (κ2) is 12.9. The molecule has 0 bridgehead atoms. The molecule has 206 valence electrons. The largest absolute Gasteiger partial charge is 0.342 e. The molecule has 0 saturated carbocycles. The van der Waals surface area contributed by atoms with Crippen molar-refractivity contribution in [3.8, 4) is 11.1 Å². The summed E-state index contributed by atoms with van der Waals surface area (Å²) in [7, 11) is 0. The van der Waals surface area contributed by atoms with E-state index in [1.54, 1.807) is 0 Å². The molecule has 2 N–H and O–H groups in total. The molecule has 40 heavy (non-hydrogen) atoms. The molecule has 2 unspecified atom stereocenters. The van der Waals surface area contributed by atoms with Gasteiger partial charge in [-0.1, -0.05) is 111 Å². The molecule has 1 aliphatic rings. The highest BCUT2D eigenvalue weighted by Crippen LogP contribution is 2.24. The van der Waals surface area contributed by atoms with Crippen LogP contribution in [0.1, 0.15) is 44.2 Å². The van der Waals surface area contributed by atoms with E-state index in [0.717, 1.165) is 52.4 Å². The predicted octanol–water partition coefficient (Wildman–Crippen LogP) is 6.11. The zero-order valence-corrected chi connectivity index (χ0v) is 23.5. The van der Waals surface area contributed by atoms with Gasteiger partial charge in [0.05, 0.1) is 0 Å². The fraction of sp³-hybridized carbons (Fsp3) is 0.314. The van der Waals surface area contributed by atoms with Crippen LogP contribution < -0.4 is 10.6 Å². The normalized spacial score (nSPS) is 17.4. The maximum absolute atomic E-state index is 13.9. The van der Waals surface area contributed by atoms with Crippen molar-refractivity contribution in [1.82, 2.24) is 15.5 Å². The number of nitrogens with one attached hydrogen (secondary N) is 2. The number of piperazine rings is 1. The molecule has 1 aliphatic heterocycles. The van der Waals surface area contributed by atoms with Crippen LogP contribution in [0.15, 0.2) is 97.1 Å². The van der Waals surface area contributed by atoms with E-state index in [9.17, 15) is 9.59 Å². The number of carbonyl (C=O) groups is 2. The van der Waals surface area contributed by atoms with Crippen LogP contribution in [0.4, 0.5) is 0 Å². The standard InChI is InChI=1S/C35H39N3O2/c1-25(2)36-21-9-8-14-33-34(39)37-32(23-27-17-20-29-12-6-7-13-31(29)22-27)35(40)38(33)24-26-15-18-30(19-16-26)28-10-4-3-5-11-28/h3-7,10-13,15-20,22,25,32-33,36H,8-9,14,21,23-24H2,1-2H3,(H,37,39). The number of hydrogen-bond donors (Lipinski definition) is 2. The van der Waals surface area contributed by atoms with Crippen LogP contribution in [0.5, 0.6) is 0 Å². The lowest BCUT2D eigenvalue weighted by molar-refractivity contribution is -0.150. The van der Waals surface area contributed by atoms with Crippen molar-refractivity contribution in [2.75, 3.05) is 6.54 Å². The van der Waals surface area contributed by atoms with Gasteiger partial charge >= 0.3 is 0 Å². The Kier molecular flexibility index (Phi) is 8.92. The number of benzene rings is 4. The molecule has 4 aromatic carbocycles. The first kappa shape index (κ1) is 27.6. The average Bonchev–Trinajstić information content (AvgIpc) is 2.97. The van der Waals surface area contributed by atoms with Gasteiger partial charge in [-0.2, -0.15) is 0 Å². The minimum atomic E-state index is -0.573. The fourth-order valence-corrected chi connectivity index (χ4v) is 5.52. The lowest BCUT2D eigenvalue weighted by atomic mass is 9.95. The molecule has 0 aromatic heterocycles. The zero-order valence-electron chi connectivity index (χ0n) is 23.5. The maximum atomic E-state index is 13.9. The Hall–Kier alpha value is -3.96. The van der Waals surface area contributed by atoms with E-state index < -0.39 is 12.1 Å². The van der Waals surface area contributed by atoms with E-state index in [0.29, 0.717) is 25.4 Å². The van der Waals surface area contributed by atoms with Gasteiger partial charge < -0.3 is 15.5 Å². The summed E-state index contributed by atoms with van der Waals surface area (Å²) in [5.74, 6) is -0.0617. The van der Waals surface area contributed by atoms with Crippen molar-refractivity contribution in [3.05, 3.63) is 108 Å². The minimum Gasteiger partial charge on any atom is -0.342 e. The quantitative estimate of drug-likeness (QED) is 0.229. The number of unbranched alkanes of at least 4 members (excludes halogenated alkanes) is 1. The third kappa shape index (κ3) is 6.78. The summed E-state index contributed by atoms with van der Waals surface area (Å²) in [5, 5.41) is 8.81. The average molecular weight is 534 g/mol. The van der Waals surface area contributed by atoms with Crippen molar-refractivity contribution in [2.24, 2.45) is 0 Å². The summed E-state index contributed by atoms with van der Waals surface area (Å²) in [6.45, 7) is 5.59. The van der Waals surface area contributed by atoms with E-state index in [1.807, 2.05) is 35.2 Å². The third-order valence-corrected chi connectivity index (χ3v) is 7.70. The van der Waals surface area contributed by atoms with Crippen LogP contribution in [-0.4, -0.2) is 41.4 Å². The van der Waals surface area contributed by atoms with E-state index in [2.05, 4.69) is 91.2 Å². The summed E-state index contributed by atoms with van der Waals surface area (Å²) < 4.78 is 0. The van der Waals surface area contributed by atoms with Crippen molar-refractivity contribution in [3.63, 3.8) is 0 Å². The van der Waals surface area contributed by atoms with Crippen molar-refractivity contribution >= 4 is 22.6 Å². The maximum Gasteiger partial charge on any atom is 0.246 e. The summed E-state index contributed by atoms with van der Waals surface area (Å²) in [4.78, 5) is 29.2. The summed E-state index contributed by atoms with van der Waals surface area (Å²) >= 11 is 0. The lowest BCUT2D eigenvalue weighted by Crippen LogP contribution is -2.63. The van der Waals surface area contributed by atoms with Gasteiger partial charge in [0.15, 0.2) is 0 Å². The van der Waals surface area contributed by atoms with Crippen LogP contribution >= 0.6 is 0 Å². The monoisotopic (exact) mass is 533 g/mol. The number of amides is 2. The summed E-state index contributed by atoms with van der Waals surface area (Å²) in [5.41, 5.74) is 4.36. The van der Waals surface area contributed by atoms with Gasteiger partial charge in [0.2, 0.25) is 11.8 Å². The Morgan fingerprint density at radius 2 is 1.45 bits per heavy atom. The molecule has 2 amide bonds. The molecule has 1 fully saturated rings. The third-order valence-electron chi connectivity index (χ3n) is 7.70. The Balaban J connectivity index is 1.33. The highest BCUT2D eigenvalue weighted by Gasteiger charge is 2.40. The van der Waals surface area contributed by atoms with Crippen LogP contribution in [0.3, 0.4) is 0 Å². The first-order chi connectivity index (χ1) is 19.5. The zero-order chi connectivity index (χ0) is 27.9. The summed E-state index contributed by atoms with van der Waals surface area (Å²) in [6.07, 6.45) is 2.98. The number of nitrogens with zero attached hydrogens (tertiary/aromatic N) is 1. The molecular weight excluding hydrogens is 494 g/mol. The van der Waals surface area contributed by atoms with Gasteiger partial charge in [0.25, 0.3) is 0 Å². The Morgan fingerprint density at radius 3 is 2.20 bits per heavy atom. The fourth-order valence-electron chi connectivity index (χ4n) is 5.52. The molecule has 4 aromatic rings. The van der Waals surface area contributed by atoms with Gasteiger partial charge in [-0.25, -0.2) is 0 Å². The smallest absolute Gasteiger partial charge is 0.246 e. The molecule has 0 aliphatic carbocycles. The number of rotatable bonds is 11. The highest BCUT2D eigenvalue weighted by atomic mass is 16.2. The van der Waals surface area contributed by atoms with E-state index >= 15 is 0 Å². The van der Waals surface area contributed by atoms with Gasteiger partial charge in [-0.15, -0.1) is 0 Å². The molecule has 5 heteroatoms. The molecule has 1 saturated heterocycles. The minimum absolute atomic E-state index is 0.00907. The second-order valence-electron chi connectivity index (χ2n) is 11.1. The topological polar surface area (TPSA) is 61.4 Å². The lowest BCUT2D eigenvalue weighted by Gasteiger charge is -2.39. The first-order valence-corrected chi connectivity index (χ1v) is 14.4.